The number of benzene rings is 1. The van der Waals surface area contributed by atoms with Crippen LogP contribution in [-0.2, 0) is 0 Å². The SMILES string of the molecule is C/C=C\C(C#Cc1ccccc1Br)=C/CC.CC. The minimum atomic E-state index is 1.00. The van der Waals surface area contributed by atoms with Gasteiger partial charge in [-0.05, 0) is 41.4 Å². The first-order valence-electron chi connectivity index (χ1n) is 6.37. The van der Waals surface area contributed by atoms with Crippen LogP contribution < -0.4 is 0 Å². The fourth-order valence-electron chi connectivity index (χ4n) is 1.26. The van der Waals surface area contributed by atoms with Crippen LogP contribution in [0.1, 0.15) is 39.7 Å². The molecule has 0 amide bonds. The molecular weight excluding hydrogens is 284 g/mol. The van der Waals surface area contributed by atoms with Gasteiger partial charge in [-0.3, -0.25) is 0 Å². The highest BCUT2D eigenvalue weighted by Gasteiger charge is 1.92. The summed E-state index contributed by atoms with van der Waals surface area (Å²) in [5.74, 6) is 6.34. The Morgan fingerprint density at radius 3 is 2.50 bits per heavy atom. The lowest BCUT2D eigenvalue weighted by atomic mass is 10.1. The smallest absolute Gasteiger partial charge is 0.0391 e. The summed E-state index contributed by atoms with van der Waals surface area (Å²) < 4.78 is 1.04. The zero-order valence-corrected chi connectivity index (χ0v) is 13.2. The van der Waals surface area contributed by atoms with Gasteiger partial charge in [0.1, 0.15) is 0 Å². The summed E-state index contributed by atoms with van der Waals surface area (Å²) in [5, 5.41) is 0. The topological polar surface area (TPSA) is 0 Å². The highest BCUT2D eigenvalue weighted by Crippen LogP contribution is 2.14. The summed E-state index contributed by atoms with van der Waals surface area (Å²) in [6.07, 6.45) is 7.18. The van der Waals surface area contributed by atoms with E-state index in [1.165, 1.54) is 0 Å². The third-order valence-electron chi connectivity index (χ3n) is 1.99. The molecule has 1 aromatic rings. The first-order valence-corrected chi connectivity index (χ1v) is 7.16. The number of rotatable bonds is 2. The third kappa shape index (κ3) is 6.47. The molecule has 0 saturated carbocycles. The summed E-state index contributed by atoms with van der Waals surface area (Å²) in [6, 6.07) is 8.00. The number of halogens is 1. The summed E-state index contributed by atoms with van der Waals surface area (Å²) >= 11 is 3.48. The van der Waals surface area contributed by atoms with Crippen molar-refractivity contribution < 1.29 is 0 Å². The van der Waals surface area contributed by atoms with Crippen LogP contribution in [0.2, 0.25) is 0 Å². The fourth-order valence-corrected chi connectivity index (χ4v) is 1.65. The van der Waals surface area contributed by atoms with Crippen molar-refractivity contribution in [1.82, 2.24) is 0 Å². The molecular formula is C17H21Br. The lowest BCUT2D eigenvalue weighted by Gasteiger charge is -1.93. The number of hydrogen-bond acceptors (Lipinski definition) is 0. The molecule has 0 aliphatic carbocycles. The molecule has 0 saturated heterocycles. The van der Waals surface area contributed by atoms with Gasteiger partial charge in [-0.2, -0.15) is 0 Å². The maximum atomic E-state index is 3.48. The van der Waals surface area contributed by atoms with Crippen molar-refractivity contribution in [3.05, 3.63) is 58.1 Å². The molecule has 0 N–H and O–H groups in total. The largest absolute Gasteiger partial charge is 0.0864 e. The fraction of sp³-hybridized carbons (Fsp3) is 0.294. The second-order valence-electron chi connectivity index (χ2n) is 3.30. The Balaban J connectivity index is 0.00000137. The van der Waals surface area contributed by atoms with Crippen LogP contribution in [0.15, 0.2) is 52.5 Å². The minimum Gasteiger partial charge on any atom is -0.0864 e. The van der Waals surface area contributed by atoms with Crippen molar-refractivity contribution in [3.63, 3.8) is 0 Å². The summed E-state index contributed by atoms with van der Waals surface area (Å²) in [6.45, 7) is 8.12. The summed E-state index contributed by atoms with van der Waals surface area (Å²) in [5.41, 5.74) is 2.09. The van der Waals surface area contributed by atoms with Gasteiger partial charge in [0.05, 0.1) is 0 Å². The van der Waals surface area contributed by atoms with Gasteiger partial charge in [0.15, 0.2) is 0 Å². The van der Waals surface area contributed by atoms with E-state index in [2.05, 4.69) is 40.8 Å². The average molecular weight is 305 g/mol. The second kappa shape index (κ2) is 10.9. The van der Waals surface area contributed by atoms with Gasteiger partial charge in [0.2, 0.25) is 0 Å². The van der Waals surface area contributed by atoms with Gasteiger partial charge in [-0.25, -0.2) is 0 Å². The standard InChI is InChI=1S/C15H15Br.C2H6/c1-3-7-13(8-4-2)11-12-14-9-5-6-10-15(14)16;1-2/h3,5-10H,4H2,1-2H3;1-2H3/b7-3-,13-8+;. The van der Waals surface area contributed by atoms with Crippen molar-refractivity contribution >= 4 is 15.9 Å². The molecule has 1 aromatic carbocycles. The van der Waals surface area contributed by atoms with E-state index in [-0.39, 0.29) is 0 Å². The Labute approximate surface area is 120 Å². The van der Waals surface area contributed by atoms with E-state index in [0.29, 0.717) is 0 Å². The van der Waals surface area contributed by atoms with Gasteiger partial charge in [0.25, 0.3) is 0 Å². The van der Waals surface area contributed by atoms with Crippen molar-refractivity contribution in [2.24, 2.45) is 0 Å². The molecule has 0 radical (unpaired) electrons. The maximum absolute atomic E-state index is 3.48. The maximum Gasteiger partial charge on any atom is 0.0391 e. The Bertz CT molecular complexity index is 456. The molecule has 18 heavy (non-hydrogen) atoms. The Hall–Kier alpha value is -1.26. The van der Waals surface area contributed by atoms with Gasteiger partial charge < -0.3 is 0 Å². The van der Waals surface area contributed by atoms with Crippen LogP contribution in [0.3, 0.4) is 0 Å². The lowest BCUT2D eigenvalue weighted by molar-refractivity contribution is 1.21. The average Bonchev–Trinajstić information content (AvgIpc) is 2.40. The molecule has 1 rings (SSSR count). The Kier molecular flexibility index (Phi) is 10.1. The first kappa shape index (κ1) is 16.7. The van der Waals surface area contributed by atoms with E-state index >= 15 is 0 Å². The molecule has 0 unspecified atom stereocenters. The number of allylic oxidation sites excluding steroid dienone is 4. The van der Waals surface area contributed by atoms with Gasteiger partial charge in [-0.15, -0.1) is 0 Å². The van der Waals surface area contributed by atoms with Crippen LogP contribution in [0.4, 0.5) is 0 Å². The molecule has 0 aromatic heterocycles. The zero-order chi connectivity index (χ0) is 13.8. The molecule has 0 heterocycles. The van der Waals surface area contributed by atoms with E-state index in [1.54, 1.807) is 0 Å². The van der Waals surface area contributed by atoms with E-state index in [1.807, 2.05) is 57.2 Å². The predicted octanol–water partition coefficient (Wildman–Crippen LogP) is 5.74. The molecule has 1 heteroatoms. The Morgan fingerprint density at radius 2 is 1.94 bits per heavy atom. The second-order valence-corrected chi connectivity index (χ2v) is 4.15. The molecule has 96 valence electrons. The van der Waals surface area contributed by atoms with Crippen LogP contribution >= 0.6 is 15.9 Å². The van der Waals surface area contributed by atoms with Crippen LogP contribution in [-0.4, -0.2) is 0 Å². The van der Waals surface area contributed by atoms with Gasteiger partial charge in [0, 0.05) is 15.6 Å². The van der Waals surface area contributed by atoms with Gasteiger partial charge >= 0.3 is 0 Å². The minimum absolute atomic E-state index is 1.00. The van der Waals surface area contributed by atoms with Crippen molar-refractivity contribution in [1.29, 1.82) is 0 Å². The summed E-state index contributed by atoms with van der Waals surface area (Å²) in [7, 11) is 0. The molecule has 0 nitrogen and oxygen atoms in total. The van der Waals surface area contributed by atoms with Gasteiger partial charge in [-0.1, -0.05) is 63.0 Å². The molecule has 0 atom stereocenters. The van der Waals surface area contributed by atoms with Crippen LogP contribution in [0, 0.1) is 11.8 Å². The lowest BCUT2D eigenvalue weighted by Crippen LogP contribution is -1.77. The zero-order valence-electron chi connectivity index (χ0n) is 11.6. The quantitative estimate of drug-likeness (QED) is 0.483. The normalized spacial score (nSPS) is 10.4. The Morgan fingerprint density at radius 1 is 1.28 bits per heavy atom. The molecule has 0 aliphatic heterocycles. The predicted molar refractivity (Wildman–Crippen MR) is 85.6 cm³/mol. The van der Waals surface area contributed by atoms with Crippen LogP contribution in [0.5, 0.6) is 0 Å². The molecule has 0 aliphatic rings. The molecule has 0 spiro atoms. The summed E-state index contributed by atoms with van der Waals surface area (Å²) in [4.78, 5) is 0. The van der Waals surface area contributed by atoms with E-state index in [9.17, 15) is 0 Å². The third-order valence-corrected chi connectivity index (χ3v) is 2.68. The van der Waals surface area contributed by atoms with E-state index < -0.39 is 0 Å². The molecule has 0 bridgehead atoms. The van der Waals surface area contributed by atoms with Crippen molar-refractivity contribution in [2.45, 2.75) is 34.1 Å². The highest BCUT2D eigenvalue weighted by molar-refractivity contribution is 9.10. The van der Waals surface area contributed by atoms with E-state index in [0.717, 1.165) is 22.0 Å². The van der Waals surface area contributed by atoms with Crippen molar-refractivity contribution in [3.8, 4) is 11.8 Å². The van der Waals surface area contributed by atoms with Crippen molar-refractivity contribution in [2.75, 3.05) is 0 Å². The highest BCUT2D eigenvalue weighted by atomic mass is 79.9. The monoisotopic (exact) mass is 304 g/mol. The van der Waals surface area contributed by atoms with E-state index in [4.69, 9.17) is 0 Å². The number of hydrogen-bond donors (Lipinski definition) is 0. The van der Waals surface area contributed by atoms with Crippen LogP contribution in [0.25, 0.3) is 0 Å². The first-order chi connectivity index (χ1) is 8.77. The molecule has 0 fully saturated rings.